The van der Waals surface area contributed by atoms with Crippen molar-refractivity contribution in [1.29, 1.82) is 0 Å². The largest absolute Gasteiger partial charge is 0.317 e. The van der Waals surface area contributed by atoms with Crippen molar-refractivity contribution in [3.05, 3.63) is 77.4 Å². The molecule has 1 spiro atoms. The molecule has 0 aromatic heterocycles. The van der Waals surface area contributed by atoms with Gasteiger partial charge in [0.15, 0.2) is 0 Å². The van der Waals surface area contributed by atoms with E-state index in [-0.39, 0.29) is 98.1 Å². The molecule has 2 atom stereocenters. The minimum absolute atomic E-state index is 0. The quantitative estimate of drug-likeness (QED) is 0.479. The first-order chi connectivity index (χ1) is 13.3. The molecular formula is C25H32N2Y3. The molecule has 2 heterocycles. The maximum absolute atomic E-state index is 3.48. The number of fused-ring (bicyclic) bond motifs is 2. The van der Waals surface area contributed by atoms with Gasteiger partial charge in [0.1, 0.15) is 0 Å². The number of allylic oxidation sites excluding steroid dienone is 1. The predicted molar refractivity (Wildman–Crippen MR) is 115 cm³/mol. The molecule has 30 heavy (non-hydrogen) atoms. The third-order valence-corrected chi connectivity index (χ3v) is 6.68. The summed E-state index contributed by atoms with van der Waals surface area (Å²) < 4.78 is 0. The zero-order chi connectivity index (χ0) is 18.5. The van der Waals surface area contributed by atoms with E-state index < -0.39 is 0 Å². The SMILES string of the molecule is C[C@H]1CNCC[C@@]12C=Cc1ccccc12.[Y].[Y].[Y].c1ccc(C2CCNCC2)cc1. The van der Waals surface area contributed by atoms with E-state index in [0.29, 0.717) is 11.3 Å². The Morgan fingerprint density at radius 3 is 2.17 bits per heavy atom. The summed E-state index contributed by atoms with van der Waals surface area (Å²) in [5.41, 5.74) is 4.80. The Morgan fingerprint density at radius 1 is 0.800 bits per heavy atom. The molecule has 3 radical (unpaired) electrons. The Labute approximate surface area is 258 Å². The second-order valence-corrected chi connectivity index (χ2v) is 8.25. The molecule has 5 rings (SSSR count). The number of benzene rings is 2. The van der Waals surface area contributed by atoms with Crippen LogP contribution in [0.5, 0.6) is 0 Å². The average Bonchev–Trinajstić information content (AvgIpc) is 3.12. The zero-order valence-electron chi connectivity index (χ0n) is 18.2. The van der Waals surface area contributed by atoms with Gasteiger partial charge in [-0.3, -0.25) is 0 Å². The minimum Gasteiger partial charge on any atom is -0.317 e. The number of rotatable bonds is 1. The summed E-state index contributed by atoms with van der Waals surface area (Å²) in [6.45, 7) is 7.00. The molecule has 3 aliphatic rings. The molecule has 2 aromatic rings. The van der Waals surface area contributed by atoms with Gasteiger partial charge in [-0.1, -0.05) is 73.7 Å². The van der Waals surface area contributed by atoms with Gasteiger partial charge in [-0.05, 0) is 74.0 Å². The van der Waals surface area contributed by atoms with Crippen LogP contribution in [0.25, 0.3) is 6.08 Å². The predicted octanol–water partition coefficient (Wildman–Crippen LogP) is 4.73. The molecule has 0 amide bonds. The van der Waals surface area contributed by atoms with Crippen LogP contribution in [-0.2, 0) is 104 Å². The molecular weight excluding hydrogens is 595 g/mol. The van der Waals surface area contributed by atoms with Gasteiger partial charge in [0.2, 0.25) is 0 Å². The summed E-state index contributed by atoms with van der Waals surface area (Å²) in [5, 5.41) is 6.87. The van der Waals surface area contributed by atoms with Gasteiger partial charge in [0.25, 0.3) is 0 Å². The van der Waals surface area contributed by atoms with Crippen molar-refractivity contribution in [2.75, 3.05) is 26.2 Å². The van der Waals surface area contributed by atoms with Crippen LogP contribution in [0, 0.1) is 5.92 Å². The van der Waals surface area contributed by atoms with Crippen molar-refractivity contribution < 1.29 is 98.1 Å². The second kappa shape index (κ2) is 14.6. The third-order valence-electron chi connectivity index (χ3n) is 6.68. The molecule has 2 aliphatic heterocycles. The molecule has 0 bridgehead atoms. The molecule has 2 N–H and O–H groups in total. The monoisotopic (exact) mass is 627 g/mol. The third kappa shape index (κ3) is 6.96. The first-order valence-corrected chi connectivity index (χ1v) is 10.5. The fourth-order valence-corrected chi connectivity index (χ4v) is 4.96. The molecule has 2 aromatic carbocycles. The van der Waals surface area contributed by atoms with E-state index in [9.17, 15) is 0 Å². The van der Waals surface area contributed by atoms with E-state index in [1.54, 1.807) is 5.56 Å². The van der Waals surface area contributed by atoms with Gasteiger partial charge >= 0.3 is 0 Å². The van der Waals surface area contributed by atoms with Crippen molar-refractivity contribution in [2.45, 2.75) is 37.5 Å². The van der Waals surface area contributed by atoms with E-state index in [1.807, 2.05) is 0 Å². The maximum Gasteiger partial charge on any atom is 0.0191 e. The van der Waals surface area contributed by atoms with Gasteiger partial charge in [-0.15, -0.1) is 0 Å². The number of hydrogen-bond acceptors (Lipinski definition) is 2. The van der Waals surface area contributed by atoms with E-state index in [0.717, 1.165) is 19.0 Å². The summed E-state index contributed by atoms with van der Waals surface area (Å²) >= 11 is 0. The van der Waals surface area contributed by atoms with Gasteiger partial charge in [-0.25, -0.2) is 0 Å². The molecule has 5 heteroatoms. The van der Waals surface area contributed by atoms with Crippen molar-refractivity contribution in [1.82, 2.24) is 10.6 Å². The Hall–Kier alpha value is 1.41. The van der Waals surface area contributed by atoms with E-state index in [1.165, 1.54) is 43.5 Å². The molecule has 0 saturated carbocycles. The van der Waals surface area contributed by atoms with Crippen molar-refractivity contribution in [3.63, 3.8) is 0 Å². The van der Waals surface area contributed by atoms with Crippen molar-refractivity contribution in [3.8, 4) is 0 Å². The zero-order valence-corrected chi connectivity index (χ0v) is 26.7. The molecule has 2 saturated heterocycles. The van der Waals surface area contributed by atoms with Crippen LogP contribution in [-0.4, -0.2) is 26.2 Å². The maximum atomic E-state index is 3.48. The van der Waals surface area contributed by atoms with Gasteiger partial charge in [0, 0.05) is 104 Å². The standard InChI is InChI=1S/C14H17N.C11H15N.3Y/c1-11-10-15-9-8-14(11)7-6-12-4-2-3-5-13(12)14;1-2-4-10(5-3-1)11-6-8-12-9-7-11;;;/h2-7,11,15H,8-10H2,1H3;1-5,11-12H,6-9H2;;;/t11-,14-;;;;/m0..../s1. The van der Waals surface area contributed by atoms with Crippen molar-refractivity contribution in [2.24, 2.45) is 5.92 Å². The average molecular weight is 627 g/mol. The molecule has 2 fully saturated rings. The van der Waals surface area contributed by atoms with E-state index in [2.05, 4.69) is 84.3 Å². The topological polar surface area (TPSA) is 24.1 Å². The summed E-state index contributed by atoms with van der Waals surface area (Å²) in [7, 11) is 0. The normalized spacial score (nSPS) is 24.4. The summed E-state index contributed by atoms with van der Waals surface area (Å²) in [4.78, 5) is 0. The number of nitrogens with one attached hydrogen (secondary N) is 2. The smallest absolute Gasteiger partial charge is 0.0191 e. The summed E-state index contributed by atoms with van der Waals surface area (Å²) in [6.07, 6.45) is 8.57. The first kappa shape index (κ1) is 29.4. The van der Waals surface area contributed by atoms with Crippen LogP contribution in [0.2, 0.25) is 0 Å². The summed E-state index contributed by atoms with van der Waals surface area (Å²) in [5.74, 6) is 1.50. The fourth-order valence-electron chi connectivity index (χ4n) is 4.96. The van der Waals surface area contributed by atoms with Crippen LogP contribution in [0.4, 0.5) is 0 Å². The van der Waals surface area contributed by atoms with Crippen LogP contribution < -0.4 is 10.6 Å². The second-order valence-electron chi connectivity index (χ2n) is 8.25. The van der Waals surface area contributed by atoms with E-state index in [4.69, 9.17) is 0 Å². The van der Waals surface area contributed by atoms with E-state index >= 15 is 0 Å². The van der Waals surface area contributed by atoms with Gasteiger partial charge in [0.05, 0.1) is 0 Å². The first-order valence-electron chi connectivity index (χ1n) is 10.5. The van der Waals surface area contributed by atoms with Crippen LogP contribution in [0.3, 0.4) is 0 Å². The van der Waals surface area contributed by atoms with Crippen LogP contribution in [0.1, 0.15) is 48.8 Å². The minimum atomic E-state index is 0. The number of piperidine rings is 2. The molecule has 0 unspecified atom stereocenters. The number of hydrogen-bond donors (Lipinski definition) is 2. The Bertz CT molecular complexity index is 775. The molecule has 151 valence electrons. The van der Waals surface area contributed by atoms with Crippen LogP contribution in [0.15, 0.2) is 60.7 Å². The van der Waals surface area contributed by atoms with Crippen molar-refractivity contribution >= 4 is 6.08 Å². The fraction of sp³-hybridized carbons (Fsp3) is 0.440. The Balaban J connectivity index is 0.000000278. The van der Waals surface area contributed by atoms with Gasteiger partial charge < -0.3 is 10.6 Å². The Kier molecular flexibility index (Phi) is 14.4. The summed E-state index contributed by atoms with van der Waals surface area (Å²) in [6, 6.07) is 19.7. The Morgan fingerprint density at radius 2 is 1.47 bits per heavy atom. The van der Waals surface area contributed by atoms with Gasteiger partial charge in [-0.2, -0.15) is 0 Å². The van der Waals surface area contributed by atoms with Crippen LogP contribution >= 0.6 is 0 Å². The molecule has 1 aliphatic carbocycles. The molecule has 2 nitrogen and oxygen atoms in total.